The molecule has 4 N–H and O–H groups in total. The number of anilines is 1. The molecule has 2 aromatic rings. The minimum atomic E-state index is -1.25. The fraction of sp³-hybridized carbons (Fsp3) is 0.381. The zero-order valence-electron chi connectivity index (χ0n) is 20.0. The number of tetrazole rings is 1. The van der Waals surface area contributed by atoms with Crippen molar-refractivity contribution in [3.05, 3.63) is 28.9 Å². The van der Waals surface area contributed by atoms with Crippen molar-refractivity contribution in [1.82, 2.24) is 39.8 Å². The van der Waals surface area contributed by atoms with E-state index in [0.717, 1.165) is 24.4 Å². The number of hydrogen-bond donors (Lipinski definition) is 3. The van der Waals surface area contributed by atoms with Crippen molar-refractivity contribution < 1.29 is 24.3 Å². The van der Waals surface area contributed by atoms with Gasteiger partial charge in [-0.15, -0.1) is 23.3 Å². The van der Waals surface area contributed by atoms with Crippen LogP contribution in [0, 0.1) is 12.3 Å². The molecular formula is C21H20N10O5S3. The fourth-order valence-corrected chi connectivity index (χ4v) is 6.78. The SMILES string of the molecule is C#CCn1nnnc1SCC1=C(C(=O)O)N2C(=O)C(NC(=O)/C(=N\OC3=CCCC3)c3nsc(N)n3)[C@H]2SC1. The van der Waals surface area contributed by atoms with E-state index in [1.165, 1.54) is 33.1 Å². The minimum Gasteiger partial charge on any atom is -0.477 e. The Bertz CT molecular complexity index is 1460. The lowest BCUT2D eigenvalue weighted by Gasteiger charge is -2.49. The van der Waals surface area contributed by atoms with E-state index in [9.17, 15) is 19.5 Å². The monoisotopic (exact) mass is 588 g/mol. The molecule has 1 fully saturated rings. The predicted octanol–water partition coefficient (Wildman–Crippen LogP) is 0.0594. The molecule has 1 aliphatic carbocycles. The van der Waals surface area contributed by atoms with E-state index in [2.05, 4.69) is 41.3 Å². The first-order chi connectivity index (χ1) is 18.9. The Balaban J connectivity index is 1.30. The second kappa shape index (κ2) is 11.4. The van der Waals surface area contributed by atoms with Crippen LogP contribution in [0.3, 0.4) is 0 Å². The van der Waals surface area contributed by atoms with Crippen LogP contribution in [-0.4, -0.2) is 86.0 Å². The molecule has 2 atom stereocenters. The number of nitrogens with two attached hydrogens (primary N) is 1. The molecule has 39 heavy (non-hydrogen) atoms. The van der Waals surface area contributed by atoms with Crippen LogP contribution >= 0.6 is 35.1 Å². The summed E-state index contributed by atoms with van der Waals surface area (Å²) >= 11 is 3.43. The van der Waals surface area contributed by atoms with Crippen molar-refractivity contribution in [2.45, 2.75) is 42.4 Å². The lowest BCUT2D eigenvalue weighted by atomic mass is 10.0. The number of nitrogens with one attached hydrogen (secondary N) is 1. The number of nitrogens with zero attached hydrogens (tertiary/aromatic N) is 8. The summed E-state index contributed by atoms with van der Waals surface area (Å²) in [4.78, 5) is 49.1. The standard InChI is InChI=1S/C21H20N10O5S3/c1-2-7-30-21(25-28-29-30)38-9-10-8-37-18-13(17(33)31(18)14(10)19(34)35)23-16(32)12(15-24-20(22)39-27-15)26-36-11-5-3-4-6-11/h1,5,13,18H,3-4,6-9H2,(H,23,32)(H,34,35)(H2,22,24,27)/b26-12-/t13?,18-/m1/s1. The van der Waals surface area contributed by atoms with Gasteiger partial charge in [0.15, 0.2) is 5.13 Å². The maximum absolute atomic E-state index is 13.2. The number of carbonyl (C=O) groups excluding carboxylic acids is 2. The molecule has 1 unspecified atom stereocenters. The Labute approximate surface area is 233 Å². The van der Waals surface area contributed by atoms with Crippen LogP contribution in [0.1, 0.15) is 25.1 Å². The number of β-lactam (4-membered cyclic amide) rings is 1. The van der Waals surface area contributed by atoms with Crippen LogP contribution in [0.2, 0.25) is 0 Å². The number of terminal acetylenes is 1. The number of hydrogen-bond acceptors (Lipinski definition) is 14. The molecule has 5 rings (SSSR count). The summed E-state index contributed by atoms with van der Waals surface area (Å²) in [5.74, 6) is 1.01. The van der Waals surface area contributed by atoms with Gasteiger partial charge in [-0.1, -0.05) is 22.8 Å². The van der Waals surface area contributed by atoms with Crippen molar-refractivity contribution in [1.29, 1.82) is 0 Å². The van der Waals surface area contributed by atoms with E-state index in [-0.39, 0.29) is 34.7 Å². The minimum absolute atomic E-state index is 0.0360. The first-order valence-corrected chi connectivity index (χ1v) is 14.2. The van der Waals surface area contributed by atoms with Crippen molar-refractivity contribution in [2.75, 3.05) is 17.2 Å². The third kappa shape index (κ3) is 5.46. The molecule has 0 aromatic carbocycles. The number of carboxylic acids is 1. The molecule has 0 spiro atoms. The number of carboxylic acid groups (broad SMARTS) is 1. The van der Waals surface area contributed by atoms with Gasteiger partial charge in [0.05, 0.1) is 0 Å². The van der Waals surface area contributed by atoms with Gasteiger partial charge in [0.25, 0.3) is 11.8 Å². The molecule has 202 valence electrons. The van der Waals surface area contributed by atoms with E-state index >= 15 is 0 Å². The molecule has 1 saturated heterocycles. The summed E-state index contributed by atoms with van der Waals surface area (Å²) in [6, 6.07) is -0.985. The highest BCUT2D eigenvalue weighted by Gasteiger charge is 2.54. The number of nitrogen functional groups attached to an aromatic ring is 1. The number of aromatic nitrogens is 6. The van der Waals surface area contributed by atoms with Gasteiger partial charge in [-0.3, -0.25) is 14.5 Å². The van der Waals surface area contributed by atoms with E-state index in [4.69, 9.17) is 17.0 Å². The summed E-state index contributed by atoms with van der Waals surface area (Å²) in [7, 11) is 0. The number of allylic oxidation sites excluding steroid dienone is 2. The number of fused-ring (bicyclic) bond motifs is 1. The fourth-order valence-electron chi connectivity index (χ4n) is 3.98. The van der Waals surface area contributed by atoms with Gasteiger partial charge >= 0.3 is 5.97 Å². The topological polar surface area (TPSA) is 204 Å². The number of aliphatic carboxylic acids is 1. The molecule has 2 aromatic heterocycles. The van der Waals surface area contributed by atoms with Gasteiger partial charge in [-0.05, 0) is 34.9 Å². The van der Waals surface area contributed by atoms with Gasteiger partial charge in [0, 0.05) is 29.5 Å². The zero-order chi connectivity index (χ0) is 27.5. The smallest absolute Gasteiger partial charge is 0.352 e. The lowest BCUT2D eigenvalue weighted by Crippen LogP contribution is -2.71. The van der Waals surface area contributed by atoms with Crippen LogP contribution in [0.5, 0.6) is 0 Å². The van der Waals surface area contributed by atoms with E-state index < -0.39 is 29.2 Å². The highest BCUT2D eigenvalue weighted by molar-refractivity contribution is 8.01. The summed E-state index contributed by atoms with van der Waals surface area (Å²) in [6.07, 6.45) is 9.65. The molecule has 2 amide bonds. The summed E-state index contributed by atoms with van der Waals surface area (Å²) in [6.45, 7) is 0.167. The van der Waals surface area contributed by atoms with Gasteiger partial charge in [-0.25, -0.2) is 9.48 Å². The molecule has 0 saturated carbocycles. The molecule has 2 aliphatic heterocycles. The summed E-state index contributed by atoms with van der Waals surface area (Å²) in [5, 5.41) is 27.7. The van der Waals surface area contributed by atoms with Crippen LogP contribution < -0.4 is 11.1 Å². The Morgan fingerprint density at radius 3 is 2.97 bits per heavy atom. The molecule has 4 heterocycles. The highest BCUT2D eigenvalue weighted by Crippen LogP contribution is 2.41. The maximum Gasteiger partial charge on any atom is 0.352 e. The quantitative estimate of drug-likeness (QED) is 0.111. The molecule has 3 aliphatic rings. The Kier molecular flexibility index (Phi) is 7.81. The first kappa shape index (κ1) is 26.6. The summed E-state index contributed by atoms with van der Waals surface area (Å²) < 4.78 is 5.46. The molecular weight excluding hydrogens is 568 g/mol. The predicted molar refractivity (Wildman–Crippen MR) is 141 cm³/mol. The molecule has 15 nitrogen and oxygen atoms in total. The average molecular weight is 589 g/mol. The third-order valence-corrected chi connectivity index (χ3v) is 8.70. The largest absolute Gasteiger partial charge is 0.477 e. The number of carbonyl (C=O) groups is 3. The van der Waals surface area contributed by atoms with E-state index in [1.807, 2.05) is 6.08 Å². The third-order valence-electron chi connectivity index (χ3n) is 5.77. The number of oxime groups is 1. The van der Waals surface area contributed by atoms with Crippen LogP contribution in [-0.2, 0) is 25.8 Å². The maximum atomic E-state index is 13.2. The zero-order valence-corrected chi connectivity index (χ0v) is 22.5. The number of amides is 2. The van der Waals surface area contributed by atoms with Crippen molar-refractivity contribution in [3.63, 3.8) is 0 Å². The molecule has 18 heteroatoms. The average Bonchev–Trinajstić information content (AvgIpc) is 3.69. The second-order valence-corrected chi connectivity index (χ2v) is 11.1. The number of rotatable bonds is 10. The van der Waals surface area contributed by atoms with Crippen molar-refractivity contribution in [3.8, 4) is 12.3 Å². The Hall–Kier alpha value is -3.95. The van der Waals surface area contributed by atoms with E-state index in [1.54, 1.807) is 0 Å². The number of thioether (sulfide) groups is 2. The van der Waals surface area contributed by atoms with Crippen molar-refractivity contribution in [2.24, 2.45) is 5.16 Å². The van der Waals surface area contributed by atoms with Gasteiger partial charge in [-0.2, -0.15) is 9.36 Å². The Morgan fingerprint density at radius 1 is 1.44 bits per heavy atom. The van der Waals surface area contributed by atoms with Crippen molar-refractivity contribution >= 4 is 63.7 Å². The normalized spacial score (nSPS) is 20.7. The van der Waals surface area contributed by atoms with Gasteiger partial charge in [0.2, 0.25) is 16.7 Å². The van der Waals surface area contributed by atoms with E-state index in [0.29, 0.717) is 28.7 Å². The van der Waals surface area contributed by atoms with Crippen LogP contribution in [0.4, 0.5) is 5.13 Å². The Morgan fingerprint density at radius 2 is 2.28 bits per heavy atom. The van der Waals surface area contributed by atoms with Crippen LogP contribution in [0.25, 0.3) is 0 Å². The second-order valence-electron chi connectivity index (χ2n) is 8.28. The van der Waals surface area contributed by atoms with Gasteiger partial charge < -0.3 is 21.0 Å². The lowest BCUT2D eigenvalue weighted by molar-refractivity contribution is -0.150. The molecule has 0 radical (unpaired) electrons. The van der Waals surface area contributed by atoms with Gasteiger partial charge in [0.1, 0.15) is 29.4 Å². The summed E-state index contributed by atoms with van der Waals surface area (Å²) in [5.41, 5.74) is 5.83. The highest BCUT2D eigenvalue weighted by atomic mass is 32.2. The van der Waals surface area contributed by atoms with Crippen LogP contribution in [0.15, 0.2) is 33.4 Å². The first-order valence-electron chi connectivity index (χ1n) is 11.4. The molecule has 0 bridgehead atoms.